The Balaban J connectivity index is 1.95. The fourth-order valence-corrected chi connectivity index (χ4v) is 3.09. The van der Waals surface area contributed by atoms with Gasteiger partial charge in [0.1, 0.15) is 11.3 Å². The van der Waals surface area contributed by atoms with Gasteiger partial charge < -0.3 is 14.8 Å². The van der Waals surface area contributed by atoms with E-state index in [1.165, 1.54) is 12.1 Å². The van der Waals surface area contributed by atoms with Gasteiger partial charge in [-0.2, -0.15) is 0 Å². The maximum absolute atomic E-state index is 11.1. The number of carbonyl (C=O) groups is 1. The third-order valence-electron chi connectivity index (χ3n) is 4.12. The molecule has 2 N–H and O–H groups in total. The van der Waals surface area contributed by atoms with Crippen LogP contribution in [0.4, 0.5) is 5.69 Å². The monoisotopic (exact) mass is 412 g/mol. The highest BCUT2D eigenvalue weighted by molar-refractivity contribution is 9.10. The van der Waals surface area contributed by atoms with Crippen molar-refractivity contribution in [1.29, 1.82) is 0 Å². The number of hydrogen-bond donors (Lipinski definition) is 2. The Morgan fingerprint density at radius 3 is 2.46 bits per heavy atom. The number of carboxylic acid groups (broad SMARTS) is 1. The summed E-state index contributed by atoms with van der Waals surface area (Å²) in [7, 11) is 0. The average molecular weight is 413 g/mol. The van der Waals surface area contributed by atoms with Crippen molar-refractivity contribution in [3.63, 3.8) is 0 Å². The van der Waals surface area contributed by atoms with Crippen LogP contribution in [0.5, 0.6) is 5.75 Å². The first-order valence-corrected chi connectivity index (χ1v) is 8.71. The molecule has 0 saturated heterocycles. The standard InChI is InChI=1S/C20H17BrN2O3/c1-12-9-14(13(2)23(12)17-6-3-15(21)4-7-17)11-22-16-5-8-19(24)18(10-16)20(25)26/h3-11,24H,1-2H3,(H,25,26). The lowest BCUT2D eigenvalue weighted by Crippen LogP contribution is -1.99. The van der Waals surface area contributed by atoms with Gasteiger partial charge in [-0.3, -0.25) is 4.99 Å². The van der Waals surface area contributed by atoms with E-state index in [0.717, 1.165) is 27.1 Å². The van der Waals surface area contributed by atoms with E-state index in [0.29, 0.717) is 5.69 Å². The molecule has 0 amide bonds. The fraction of sp³-hybridized carbons (Fsp3) is 0.100. The Hall–Kier alpha value is -2.86. The Kier molecular flexibility index (Phi) is 4.95. The van der Waals surface area contributed by atoms with Gasteiger partial charge in [0.15, 0.2) is 0 Å². The number of aromatic hydroxyl groups is 1. The van der Waals surface area contributed by atoms with Crippen molar-refractivity contribution in [3.05, 3.63) is 75.5 Å². The minimum absolute atomic E-state index is 0.167. The van der Waals surface area contributed by atoms with Crippen LogP contribution in [0, 0.1) is 13.8 Å². The Labute approximate surface area is 159 Å². The highest BCUT2D eigenvalue weighted by atomic mass is 79.9. The molecule has 26 heavy (non-hydrogen) atoms. The first kappa shape index (κ1) is 17.9. The van der Waals surface area contributed by atoms with Crippen LogP contribution in [-0.4, -0.2) is 27.0 Å². The summed E-state index contributed by atoms with van der Waals surface area (Å²) in [6.07, 6.45) is 1.70. The lowest BCUT2D eigenvalue weighted by Gasteiger charge is -2.09. The second kappa shape index (κ2) is 7.17. The molecule has 0 bridgehead atoms. The van der Waals surface area contributed by atoms with E-state index >= 15 is 0 Å². The number of phenols is 1. The van der Waals surface area contributed by atoms with Crippen LogP contribution in [-0.2, 0) is 0 Å². The van der Waals surface area contributed by atoms with Crippen molar-refractivity contribution in [2.45, 2.75) is 13.8 Å². The van der Waals surface area contributed by atoms with Crippen LogP contribution in [0.15, 0.2) is 58.0 Å². The summed E-state index contributed by atoms with van der Waals surface area (Å²) in [5.41, 5.74) is 4.40. The molecule has 2 aromatic carbocycles. The van der Waals surface area contributed by atoms with Gasteiger partial charge in [0.25, 0.3) is 0 Å². The molecule has 6 heteroatoms. The molecular weight excluding hydrogens is 396 g/mol. The molecule has 0 saturated carbocycles. The summed E-state index contributed by atoms with van der Waals surface area (Å²) >= 11 is 3.44. The molecular formula is C20H17BrN2O3. The predicted octanol–water partition coefficient (Wildman–Crippen LogP) is 5.01. The molecule has 0 aliphatic carbocycles. The van der Waals surface area contributed by atoms with Crippen molar-refractivity contribution in [3.8, 4) is 11.4 Å². The molecule has 3 aromatic rings. The molecule has 0 radical (unpaired) electrons. The molecule has 1 heterocycles. The Morgan fingerprint density at radius 2 is 1.81 bits per heavy atom. The van der Waals surface area contributed by atoms with Crippen LogP contribution in [0.25, 0.3) is 5.69 Å². The lowest BCUT2D eigenvalue weighted by atomic mass is 10.2. The quantitative estimate of drug-likeness (QED) is 0.591. The summed E-state index contributed by atoms with van der Waals surface area (Å²) in [6.45, 7) is 4.03. The number of aryl methyl sites for hydroxylation is 1. The van der Waals surface area contributed by atoms with E-state index < -0.39 is 5.97 Å². The van der Waals surface area contributed by atoms with E-state index in [2.05, 4.69) is 25.5 Å². The van der Waals surface area contributed by atoms with E-state index in [1.54, 1.807) is 12.3 Å². The predicted molar refractivity (Wildman–Crippen MR) is 105 cm³/mol. The number of aromatic nitrogens is 1. The molecule has 0 unspecified atom stereocenters. The van der Waals surface area contributed by atoms with Crippen molar-refractivity contribution >= 4 is 33.8 Å². The molecule has 0 atom stereocenters. The molecule has 132 valence electrons. The fourth-order valence-electron chi connectivity index (χ4n) is 2.83. The molecule has 0 aliphatic rings. The van der Waals surface area contributed by atoms with E-state index in [4.69, 9.17) is 5.11 Å². The van der Waals surface area contributed by atoms with Gasteiger partial charge in [-0.05, 0) is 62.4 Å². The lowest BCUT2D eigenvalue weighted by molar-refractivity contribution is 0.0694. The molecule has 0 spiro atoms. The van der Waals surface area contributed by atoms with Gasteiger partial charge in [-0.15, -0.1) is 0 Å². The molecule has 5 nitrogen and oxygen atoms in total. The Bertz CT molecular complexity index is 1000. The van der Waals surface area contributed by atoms with Gasteiger partial charge in [-0.1, -0.05) is 15.9 Å². The zero-order valence-corrected chi connectivity index (χ0v) is 15.9. The molecule has 3 rings (SSSR count). The minimum atomic E-state index is -1.19. The van der Waals surface area contributed by atoms with Crippen molar-refractivity contribution in [2.24, 2.45) is 4.99 Å². The zero-order valence-electron chi connectivity index (χ0n) is 14.3. The van der Waals surface area contributed by atoms with E-state index in [9.17, 15) is 9.90 Å². The summed E-state index contributed by atoms with van der Waals surface area (Å²) in [5, 5.41) is 18.7. The van der Waals surface area contributed by atoms with Crippen LogP contribution < -0.4 is 0 Å². The summed E-state index contributed by atoms with van der Waals surface area (Å²) in [4.78, 5) is 15.5. The van der Waals surface area contributed by atoms with Crippen molar-refractivity contribution in [2.75, 3.05) is 0 Å². The Morgan fingerprint density at radius 1 is 1.12 bits per heavy atom. The van der Waals surface area contributed by atoms with Crippen LogP contribution >= 0.6 is 15.9 Å². The smallest absolute Gasteiger partial charge is 0.339 e. The van der Waals surface area contributed by atoms with Gasteiger partial charge >= 0.3 is 5.97 Å². The number of benzene rings is 2. The maximum Gasteiger partial charge on any atom is 0.339 e. The second-order valence-electron chi connectivity index (χ2n) is 5.90. The summed E-state index contributed by atoms with van der Waals surface area (Å²) < 4.78 is 3.15. The molecule has 0 aliphatic heterocycles. The normalized spacial score (nSPS) is 11.2. The first-order valence-electron chi connectivity index (χ1n) is 7.92. The van der Waals surface area contributed by atoms with Crippen LogP contribution in [0.1, 0.15) is 27.3 Å². The zero-order chi connectivity index (χ0) is 18.8. The van der Waals surface area contributed by atoms with Gasteiger partial charge in [0.2, 0.25) is 0 Å². The van der Waals surface area contributed by atoms with E-state index in [1.807, 2.05) is 44.2 Å². The van der Waals surface area contributed by atoms with Crippen molar-refractivity contribution < 1.29 is 15.0 Å². The van der Waals surface area contributed by atoms with Crippen LogP contribution in [0.3, 0.4) is 0 Å². The number of aliphatic imine (C=N–C) groups is 1. The number of hydrogen-bond acceptors (Lipinski definition) is 3. The van der Waals surface area contributed by atoms with E-state index in [-0.39, 0.29) is 11.3 Å². The second-order valence-corrected chi connectivity index (χ2v) is 6.82. The van der Waals surface area contributed by atoms with Gasteiger partial charge in [0.05, 0.1) is 5.69 Å². The van der Waals surface area contributed by atoms with Crippen molar-refractivity contribution in [1.82, 2.24) is 4.57 Å². The van der Waals surface area contributed by atoms with Gasteiger partial charge in [-0.25, -0.2) is 4.79 Å². The number of carboxylic acids is 1. The van der Waals surface area contributed by atoms with Crippen LogP contribution in [0.2, 0.25) is 0 Å². The number of rotatable bonds is 4. The highest BCUT2D eigenvalue weighted by Crippen LogP contribution is 2.25. The SMILES string of the molecule is Cc1cc(C=Nc2ccc(O)c(C(=O)O)c2)c(C)n1-c1ccc(Br)cc1. The molecule has 0 fully saturated rings. The molecule has 1 aromatic heterocycles. The number of aromatic carboxylic acids is 1. The summed E-state index contributed by atoms with van der Waals surface area (Å²) in [5.74, 6) is -1.46. The third kappa shape index (κ3) is 3.55. The number of halogens is 1. The summed E-state index contributed by atoms with van der Waals surface area (Å²) in [6, 6.07) is 14.3. The highest BCUT2D eigenvalue weighted by Gasteiger charge is 2.11. The maximum atomic E-state index is 11.1. The first-order chi connectivity index (χ1) is 12.4. The number of nitrogens with zero attached hydrogens (tertiary/aromatic N) is 2. The topological polar surface area (TPSA) is 74.8 Å². The van der Waals surface area contributed by atoms with Gasteiger partial charge in [0, 0.05) is 33.3 Å². The largest absolute Gasteiger partial charge is 0.507 e. The minimum Gasteiger partial charge on any atom is -0.507 e. The third-order valence-corrected chi connectivity index (χ3v) is 4.65. The average Bonchev–Trinajstić information content (AvgIpc) is 2.89.